The Bertz CT molecular complexity index is 628. The zero-order valence-corrected chi connectivity index (χ0v) is 12.6. The molecule has 2 rings (SSSR count). The highest BCUT2D eigenvalue weighted by atomic mass is 19.1. The lowest BCUT2D eigenvalue weighted by atomic mass is 10.1. The average molecular weight is 324 g/mol. The van der Waals surface area contributed by atoms with Crippen LogP contribution in [0.15, 0.2) is 18.2 Å². The Balaban J connectivity index is 2.04. The van der Waals surface area contributed by atoms with Crippen LogP contribution in [0.2, 0.25) is 0 Å². The van der Waals surface area contributed by atoms with Crippen LogP contribution in [-0.2, 0) is 9.53 Å². The second-order valence-corrected chi connectivity index (χ2v) is 5.15. The van der Waals surface area contributed by atoms with Crippen LogP contribution in [-0.4, -0.2) is 72.6 Å². The van der Waals surface area contributed by atoms with Gasteiger partial charge in [0.15, 0.2) is 0 Å². The Morgan fingerprint density at radius 3 is 2.52 bits per heavy atom. The summed E-state index contributed by atoms with van der Waals surface area (Å²) in [5, 5.41) is 8.79. The molecule has 8 heteroatoms. The number of aromatic carboxylic acids is 1. The van der Waals surface area contributed by atoms with E-state index in [9.17, 15) is 18.8 Å². The second kappa shape index (κ2) is 7.19. The van der Waals surface area contributed by atoms with E-state index in [1.165, 1.54) is 7.05 Å². The number of likely N-dealkylation sites (N-methyl/N-ethyl adjacent to an activating group) is 1. The van der Waals surface area contributed by atoms with Gasteiger partial charge in [-0.05, 0) is 18.2 Å². The van der Waals surface area contributed by atoms with Crippen LogP contribution >= 0.6 is 0 Å². The van der Waals surface area contributed by atoms with Gasteiger partial charge in [-0.15, -0.1) is 0 Å². The Hall–Kier alpha value is -2.48. The molecule has 0 unspecified atom stereocenters. The van der Waals surface area contributed by atoms with Crippen LogP contribution in [0.5, 0.6) is 0 Å². The van der Waals surface area contributed by atoms with E-state index in [4.69, 9.17) is 9.84 Å². The molecule has 0 spiro atoms. The summed E-state index contributed by atoms with van der Waals surface area (Å²) in [4.78, 5) is 37.7. The number of rotatable bonds is 4. The van der Waals surface area contributed by atoms with Gasteiger partial charge in [0.25, 0.3) is 5.91 Å². The third-order valence-corrected chi connectivity index (χ3v) is 3.53. The highest BCUT2D eigenvalue weighted by molar-refractivity contribution is 5.97. The maximum absolute atomic E-state index is 13.9. The summed E-state index contributed by atoms with van der Waals surface area (Å²) in [5.74, 6) is -3.13. The number of carbonyl (C=O) groups is 3. The van der Waals surface area contributed by atoms with Crippen LogP contribution in [0.4, 0.5) is 4.39 Å². The zero-order chi connectivity index (χ0) is 17.0. The molecule has 1 aromatic carbocycles. The fourth-order valence-corrected chi connectivity index (χ4v) is 2.21. The SMILES string of the molecule is CN(CC(=O)N1CCOCC1)C(=O)c1ccc(C(=O)O)cc1F. The van der Waals surface area contributed by atoms with E-state index in [0.717, 1.165) is 23.1 Å². The summed E-state index contributed by atoms with van der Waals surface area (Å²) in [7, 11) is 1.39. The van der Waals surface area contributed by atoms with Crippen molar-refractivity contribution in [3.8, 4) is 0 Å². The topological polar surface area (TPSA) is 87.2 Å². The Morgan fingerprint density at radius 2 is 1.96 bits per heavy atom. The predicted molar refractivity (Wildman–Crippen MR) is 77.7 cm³/mol. The molecule has 0 atom stereocenters. The maximum atomic E-state index is 13.9. The van der Waals surface area contributed by atoms with Crippen molar-refractivity contribution in [2.45, 2.75) is 0 Å². The number of carbonyl (C=O) groups excluding carboxylic acids is 2. The van der Waals surface area contributed by atoms with Gasteiger partial charge >= 0.3 is 5.97 Å². The smallest absolute Gasteiger partial charge is 0.335 e. The minimum Gasteiger partial charge on any atom is -0.478 e. The summed E-state index contributed by atoms with van der Waals surface area (Å²) in [5.41, 5.74) is -0.515. The molecule has 1 saturated heterocycles. The van der Waals surface area contributed by atoms with Gasteiger partial charge < -0.3 is 19.6 Å². The van der Waals surface area contributed by atoms with Crippen molar-refractivity contribution in [2.75, 3.05) is 39.9 Å². The quantitative estimate of drug-likeness (QED) is 0.869. The molecule has 0 aliphatic carbocycles. The standard InChI is InChI=1S/C15H17FN2O5/c1-17(9-13(19)18-4-6-23-7-5-18)14(20)11-3-2-10(15(21)22)8-12(11)16/h2-3,8H,4-7,9H2,1H3,(H,21,22). The number of carboxylic acids is 1. The van der Waals surface area contributed by atoms with Crippen molar-refractivity contribution in [1.82, 2.24) is 9.80 Å². The van der Waals surface area contributed by atoms with E-state index in [1.807, 2.05) is 0 Å². The van der Waals surface area contributed by atoms with Gasteiger partial charge in [0.2, 0.25) is 5.91 Å². The van der Waals surface area contributed by atoms with Crippen LogP contribution in [0.3, 0.4) is 0 Å². The number of halogens is 1. The molecular weight excluding hydrogens is 307 g/mol. The van der Waals surface area contributed by atoms with Crippen molar-refractivity contribution in [2.24, 2.45) is 0 Å². The number of ether oxygens (including phenoxy) is 1. The number of benzene rings is 1. The van der Waals surface area contributed by atoms with Gasteiger partial charge in [0.1, 0.15) is 5.82 Å². The summed E-state index contributed by atoms with van der Waals surface area (Å²) >= 11 is 0. The lowest BCUT2D eigenvalue weighted by Gasteiger charge is -2.28. The minimum atomic E-state index is -1.28. The first-order valence-corrected chi connectivity index (χ1v) is 7.04. The van der Waals surface area contributed by atoms with Crippen LogP contribution in [0.1, 0.15) is 20.7 Å². The Labute approximate surface area is 132 Å². The third kappa shape index (κ3) is 4.04. The molecule has 1 heterocycles. The molecule has 0 saturated carbocycles. The molecule has 0 aromatic heterocycles. The van der Waals surface area contributed by atoms with Gasteiger partial charge in [0.05, 0.1) is 30.9 Å². The lowest BCUT2D eigenvalue weighted by molar-refractivity contribution is -0.135. The molecule has 124 valence electrons. The highest BCUT2D eigenvalue weighted by Crippen LogP contribution is 2.13. The molecule has 1 aliphatic heterocycles. The lowest BCUT2D eigenvalue weighted by Crippen LogP contribution is -2.46. The van der Waals surface area contributed by atoms with Crippen LogP contribution < -0.4 is 0 Å². The van der Waals surface area contributed by atoms with Crippen molar-refractivity contribution < 1.29 is 28.6 Å². The molecule has 23 heavy (non-hydrogen) atoms. The van der Waals surface area contributed by atoms with E-state index in [-0.39, 0.29) is 23.6 Å². The van der Waals surface area contributed by atoms with Gasteiger partial charge in [0, 0.05) is 20.1 Å². The number of amides is 2. The van der Waals surface area contributed by atoms with Gasteiger partial charge in [-0.3, -0.25) is 9.59 Å². The molecule has 1 N–H and O–H groups in total. The largest absolute Gasteiger partial charge is 0.478 e. The number of hydrogen-bond donors (Lipinski definition) is 1. The average Bonchev–Trinajstić information content (AvgIpc) is 2.54. The van der Waals surface area contributed by atoms with E-state index in [2.05, 4.69) is 0 Å². The van der Waals surface area contributed by atoms with E-state index < -0.39 is 17.7 Å². The summed E-state index contributed by atoms with van der Waals surface area (Å²) in [6.45, 7) is 1.65. The molecule has 1 fully saturated rings. The molecule has 2 amide bonds. The molecule has 0 radical (unpaired) electrons. The monoisotopic (exact) mass is 324 g/mol. The van der Waals surface area contributed by atoms with Crippen molar-refractivity contribution in [3.63, 3.8) is 0 Å². The summed E-state index contributed by atoms with van der Waals surface area (Å²) in [6, 6.07) is 3.04. The van der Waals surface area contributed by atoms with Gasteiger partial charge in [-0.25, -0.2) is 9.18 Å². The van der Waals surface area contributed by atoms with Crippen LogP contribution in [0.25, 0.3) is 0 Å². The highest BCUT2D eigenvalue weighted by Gasteiger charge is 2.23. The molecule has 0 bridgehead atoms. The van der Waals surface area contributed by atoms with Crippen molar-refractivity contribution >= 4 is 17.8 Å². The maximum Gasteiger partial charge on any atom is 0.335 e. The first kappa shape index (κ1) is 16.9. The number of carboxylic acid groups (broad SMARTS) is 1. The first-order valence-electron chi connectivity index (χ1n) is 7.04. The summed E-state index contributed by atoms with van der Waals surface area (Å²) < 4.78 is 19.0. The molecular formula is C15H17FN2O5. The Kier molecular flexibility index (Phi) is 5.28. The van der Waals surface area contributed by atoms with Crippen LogP contribution in [0, 0.1) is 5.82 Å². The second-order valence-electron chi connectivity index (χ2n) is 5.15. The van der Waals surface area contributed by atoms with Crippen molar-refractivity contribution in [3.05, 3.63) is 35.1 Å². The number of hydrogen-bond acceptors (Lipinski definition) is 4. The summed E-state index contributed by atoms with van der Waals surface area (Å²) in [6.07, 6.45) is 0. The molecule has 1 aliphatic rings. The van der Waals surface area contributed by atoms with Gasteiger partial charge in [-0.2, -0.15) is 0 Å². The Morgan fingerprint density at radius 1 is 1.30 bits per heavy atom. The predicted octanol–water partition coefficient (Wildman–Crippen LogP) is 0.455. The third-order valence-electron chi connectivity index (χ3n) is 3.53. The normalized spacial score (nSPS) is 14.4. The number of nitrogens with zero attached hydrogens (tertiary/aromatic N) is 2. The first-order chi connectivity index (χ1) is 10.9. The number of morpholine rings is 1. The zero-order valence-electron chi connectivity index (χ0n) is 12.6. The fraction of sp³-hybridized carbons (Fsp3) is 0.400. The van der Waals surface area contributed by atoms with Gasteiger partial charge in [-0.1, -0.05) is 0 Å². The van der Waals surface area contributed by atoms with E-state index in [1.54, 1.807) is 4.90 Å². The van der Waals surface area contributed by atoms with E-state index in [0.29, 0.717) is 26.3 Å². The van der Waals surface area contributed by atoms with Crippen molar-refractivity contribution in [1.29, 1.82) is 0 Å². The minimum absolute atomic E-state index is 0.182. The molecule has 7 nitrogen and oxygen atoms in total. The van der Waals surface area contributed by atoms with E-state index >= 15 is 0 Å². The fourth-order valence-electron chi connectivity index (χ4n) is 2.21. The molecule has 1 aromatic rings.